The number of thiazole rings is 1. The summed E-state index contributed by atoms with van der Waals surface area (Å²) >= 11 is 7.05. The van der Waals surface area contributed by atoms with E-state index in [1.54, 1.807) is 23.1 Å². The summed E-state index contributed by atoms with van der Waals surface area (Å²) in [6, 6.07) is 16.7. The second-order valence-electron chi connectivity index (χ2n) is 3.87. The fourth-order valence-corrected chi connectivity index (χ4v) is 4.14. The first-order chi connectivity index (χ1) is 8.81. The first-order valence-corrected chi connectivity index (χ1v) is 8.13. The van der Waals surface area contributed by atoms with Crippen molar-refractivity contribution in [3.63, 3.8) is 0 Å². The normalized spacial score (nSPS) is 10.9. The van der Waals surface area contributed by atoms with Crippen LogP contribution < -0.4 is 0 Å². The van der Waals surface area contributed by atoms with Gasteiger partial charge in [0.25, 0.3) is 0 Å². The Hall–Kier alpha value is -0.840. The largest absolute Gasteiger partial charge is 0.230 e. The Morgan fingerprint density at radius 1 is 1.11 bits per heavy atom. The van der Waals surface area contributed by atoms with E-state index < -0.39 is 0 Å². The number of para-hydroxylation sites is 1. The lowest BCUT2D eigenvalue weighted by Gasteiger charge is -1.99. The van der Waals surface area contributed by atoms with Crippen LogP contribution in [0.2, 0.25) is 0 Å². The lowest BCUT2D eigenvalue weighted by Crippen LogP contribution is -1.79. The zero-order chi connectivity index (χ0) is 12.4. The molecule has 0 atom stereocenters. The lowest BCUT2D eigenvalue weighted by molar-refractivity contribution is 1.29. The van der Waals surface area contributed by atoms with Gasteiger partial charge in [0.05, 0.1) is 10.2 Å². The van der Waals surface area contributed by atoms with Crippen LogP contribution in [0, 0.1) is 0 Å². The van der Waals surface area contributed by atoms with Gasteiger partial charge in [0.15, 0.2) is 4.34 Å². The molecule has 90 valence electrons. The first kappa shape index (κ1) is 12.2. The Balaban J connectivity index is 1.76. The molecule has 0 fully saturated rings. The summed E-state index contributed by atoms with van der Waals surface area (Å²) in [6.45, 7) is 0. The van der Waals surface area contributed by atoms with Crippen LogP contribution in [-0.4, -0.2) is 4.98 Å². The van der Waals surface area contributed by atoms with Crippen LogP contribution in [0.3, 0.4) is 0 Å². The number of hydrogen-bond donors (Lipinski definition) is 0. The maximum Gasteiger partial charge on any atom is 0.151 e. The summed E-state index contributed by atoms with van der Waals surface area (Å²) in [5.41, 5.74) is 2.41. The van der Waals surface area contributed by atoms with Crippen molar-refractivity contribution in [1.29, 1.82) is 0 Å². The second kappa shape index (κ2) is 5.43. The van der Waals surface area contributed by atoms with Gasteiger partial charge in [-0.3, -0.25) is 0 Å². The number of rotatable bonds is 3. The van der Waals surface area contributed by atoms with Gasteiger partial charge in [-0.25, -0.2) is 4.98 Å². The van der Waals surface area contributed by atoms with Crippen LogP contribution in [0.25, 0.3) is 10.2 Å². The van der Waals surface area contributed by atoms with Crippen LogP contribution in [0.1, 0.15) is 5.56 Å². The van der Waals surface area contributed by atoms with Gasteiger partial charge in [-0.15, -0.1) is 11.3 Å². The molecule has 0 radical (unpaired) electrons. The van der Waals surface area contributed by atoms with Crippen molar-refractivity contribution in [2.75, 3.05) is 0 Å². The molecule has 18 heavy (non-hydrogen) atoms. The molecular formula is C14H10BrNS2. The van der Waals surface area contributed by atoms with E-state index in [0.717, 1.165) is 20.1 Å². The van der Waals surface area contributed by atoms with E-state index in [0.29, 0.717) is 0 Å². The summed E-state index contributed by atoms with van der Waals surface area (Å²) in [6.07, 6.45) is 0. The molecule has 2 aromatic carbocycles. The molecule has 0 saturated carbocycles. The summed E-state index contributed by atoms with van der Waals surface area (Å²) in [7, 11) is 0. The van der Waals surface area contributed by atoms with E-state index in [2.05, 4.69) is 57.3 Å². The lowest BCUT2D eigenvalue weighted by atomic mass is 10.2. The highest BCUT2D eigenvalue weighted by molar-refractivity contribution is 9.10. The van der Waals surface area contributed by atoms with Gasteiger partial charge in [0, 0.05) is 10.2 Å². The van der Waals surface area contributed by atoms with Crippen LogP contribution >= 0.6 is 39.0 Å². The topological polar surface area (TPSA) is 12.9 Å². The van der Waals surface area contributed by atoms with Crippen molar-refractivity contribution in [2.45, 2.75) is 10.1 Å². The highest BCUT2D eigenvalue weighted by Crippen LogP contribution is 2.31. The van der Waals surface area contributed by atoms with E-state index in [9.17, 15) is 0 Å². The molecule has 3 aromatic rings. The maximum atomic E-state index is 4.62. The van der Waals surface area contributed by atoms with Gasteiger partial charge >= 0.3 is 0 Å². The zero-order valence-electron chi connectivity index (χ0n) is 9.47. The Morgan fingerprint density at radius 3 is 2.83 bits per heavy atom. The third kappa shape index (κ3) is 2.76. The van der Waals surface area contributed by atoms with Crippen LogP contribution in [0.5, 0.6) is 0 Å². The average Bonchev–Trinajstić information content (AvgIpc) is 2.79. The van der Waals surface area contributed by atoms with Crippen molar-refractivity contribution in [3.05, 3.63) is 58.6 Å². The number of aromatic nitrogens is 1. The summed E-state index contributed by atoms with van der Waals surface area (Å²) in [5.74, 6) is 0.958. The number of nitrogens with zero attached hydrogens (tertiary/aromatic N) is 1. The molecule has 0 aliphatic carbocycles. The Morgan fingerprint density at radius 2 is 2.00 bits per heavy atom. The van der Waals surface area contributed by atoms with Crippen molar-refractivity contribution in [2.24, 2.45) is 0 Å². The minimum atomic E-state index is 0.958. The van der Waals surface area contributed by atoms with Crippen molar-refractivity contribution in [1.82, 2.24) is 4.98 Å². The number of halogens is 1. The summed E-state index contributed by atoms with van der Waals surface area (Å²) in [5, 5.41) is 0. The van der Waals surface area contributed by atoms with Gasteiger partial charge in [0.1, 0.15) is 0 Å². The quantitative estimate of drug-likeness (QED) is 0.598. The van der Waals surface area contributed by atoms with Crippen LogP contribution in [0.15, 0.2) is 57.3 Å². The third-order valence-electron chi connectivity index (χ3n) is 2.53. The number of thioether (sulfide) groups is 1. The molecule has 0 aliphatic heterocycles. The van der Waals surface area contributed by atoms with Crippen molar-refractivity contribution >= 4 is 49.2 Å². The van der Waals surface area contributed by atoms with E-state index in [1.165, 1.54) is 10.3 Å². The highest BCUT2D eigenvalue weighted by Gasteiger charge is 2.04. The minimum Gasteiger partial charge on any atom is -0.230 e. The predicted molar refractivity (Wildman–Crippen MR) is 83.3 cm³/mol. The molecule has 0 unspecified atom stereocenters. The van der Waals surface area contributed by atoms with E-state index in [4.69, 9.17) is 0 Å². The molecule has 0 amide bonds. The number of hydrogen-bond acceptors (Lipinski definition) is 3. The van der Waals surface area contributed by atoms with Gasteiger partial charge in [-0.1, -0.05) is 52.0 Å². The fourth-order valence-electron chi connectivity index (χ4n) is 1.68. The molecule has 0 saturated heterocycles. The van der Waals surface area contributed by atoms with Crippen LogP contribution in [-0.2, 0) is 5.75 Å². The molecule has 1 aromatic heterocycles. The van der Waals surface area contributed by atoms with Crippen molar-refractivity contribution in [3.8, 4) is 0 Å². The van der Waals surface area contributed by atoms with Gasteiger partial charge in [-0.05, 0) is 29.8 Å². The molecule has 0 bridgehead atoms. The molecule has 1 heterocycles. The molecule has 0 N–H and O–H groups in total. The Bertz CT molecular complexity index is 645. The van der Waals surface area contributed by atoms with E-state index in [-0.39, 0.29) is 0 Å². The molecular weight excluding hydrogens is 326 g/mol. The molecule has 1 nitrogen and oxygen atoms in total. The monoisotopic (exact) mass is 335 g/mol. The molecule has 0 aliphatic rings. The summed E-state index contributed by atoms with van der Waals surface area (Å²) < 4.78 is 3.52. The first-order valence-electron chi connectivity index (χ1n) is 5.54. The second-order valence-corrected chi connectivity index (χ2v) is 7.03. The Kier molecular flexibility index (Phi) is 3.68. The maximum absolute atomic E-state index is 4.62. The third-order valence-corrected chi connectivity index (χ3v) is 5.27. The van der Waals surface area contributed by atoms with Gasteiger partial charge in [0.2, 0.25) is 0 Å². The number of fused-ring (bicyclic) bond motifs is 1. The highest BCUT2D eigenvalue weighted by atomic mass is 79.9. The predicted octanol–water partition coefficient (Wildman–Crippen LogP) is 5.35. The van der Waals surface area contributed by atoms with E-state index in [1.807, 2.05) is 12.1 Å². The Labute approximate surface area is 122 Å². The zero-order valence-corrected chi connectivity index (χ0v) is 12.7. The van der Waals surface area contributed by atoms with Gasteiger partial charge < -0.3 is 0 Å². The van der Waals surface area contributed by atoms with Crippen LogP contribution in [0.4, 0.5) is 0 Å². The molecule has 3 rings (SSSR count). The molecule has 4 heteroatoms. The SMILES string of the molecule is Brc1cccc(CSc2nc3ccccc3s2)c1. The average molecular weight is 336 g/mol. The smallest absolute Gasteiger partial charge is 0.151 e. The van der Waals surface area contributed by atoms with Gasteiger partial charge in [-0.2, -0.15) is 0 Å². The molecule has 0 spiro atoms. The minimum absolute atomic E-state index is 0.958. The fraction of sp³-hybridized carbons (Fsp3) is 0.0714. The van der Waals surface area contributed by atoms with E-state index >= 15 is 0 Å². The summed E-state index contributed by atoms with van der Waals surface area (Å²) in [4.78, 5) is 4.62. The number of benzene rings is 2. The van der Waals surface area contributed by atoms with Crippen molar-refractivity contribution < 1.29 is 0 Å². The standard InChI is InChI=1S/C14H10BrNS2/c15-11-5-3-4-10(8-11)9-17-14-16-12-6-1-2-7-13(12)18-14/h1-8H,9H2.